The minimum absolute atomic E-state index is 0.0884. The molecule has 1 aliphatic carbocycles. The van der Waals surface area contributed by atoms with E-state index in [0.717, 1.165) is 11.1 Å². The molecule has 1 aliphatic rings. The topological polar surface area (TPSA) is 72.5 Å². The number of amides is 1. The fourth-order valence-corrected chi connectivity index (χ4v) is 3.43. The summed E-state index contributed by atoms with van der Waals surface area (Å²) in [7, 11) is 1.30. The van der Waals surface area contributed by atoms with Gasteiger partial charge in [-0.2, -0.15) is 0 Å². The Morgan fingerprint density at radius 2 is 1.69 bits per heavy atom. The lowest BCUT2D eigenvalue weighted by atomic mass is 9.95. The normalized spacial score (nSPS) is 14.2. The number of nitrogens with one attached hydrogen (secondary N) is 1. The minimum atomic E-state index is -1.10. The maximum atomic E-state index is 12.7. The maximum Gasteiger partial charge on any atom is 0.331 e. The van der Waals surface area contributed by atoms with Crippen LogP contribution in [0, 0.1) is 0 Å². The number of benzene rings is 2. The van der Waals surface area contributed by atoms with Crippen molar-refractivity contribution < 1.29 is 19.1 Å². The second-order valence-corrected chi connectivity index (χ2v) is 6.66. The van der Waals surface area contributed by atoms with Crippen LogP contribution in [-0.4, -0.2) is 30.3 Å². The van der Waals surface area contributed by atoms with Gasteiger partial charge in [0.15, 0.2) is 5.78 Å². The molecule has 2 aromatic rings. The van der Waals surface area contributed by atoms with Gasteiger partial charge in [-0.1, -0.05) is 43.7 Å². The third-order valence-corrected chi connectivity index (χ3v) is 4.76. The van der Waals surface area contributed by atoms with Gasteiger partial charge in [-0.15, -0.1) is 0 Å². The number of hydrogen-bond donors (Lipinski definition) is 1. The summed E-state index contributed by atoms with van der Waals surface area (Å²) in [6, 6.07) is 12.4. The molecule has 1 unspecified atom stereocenters. The van der Waals surface area contributed by atoms with Crippen molar-refractivity contribution >= 4 is 17.7 Å². The van der Waals surface area contributed by atoms with E-state index in [4.69, 9.17) is 4.74 Å². The molecule has 1 N–H and O–H groups in total. The summed E-state index contributed by atoms with van der Waals surface area (Å²) in [6.07, 6.45) is 1.17. The Balaban J connectivity index is 1.91. The molecule has 0 fully saturated rings. The van der Waals surface area contributed by atoms with Gasteiger partial charge in [0, 0.05) is 16.7 Å². The molecule has 0 aromatic heterocycles. The summed E-state index contributed by atoms with van der Waals surface area (Å²) >= 11 is 0. The van der Waals surface area contributed by atoms with Gasteiger partial charge in [0.05, 0.1) is 7.11 Å². The van der Waals surface area contributed by atoms with Gasteiger partial charge in [0.25, 0.3) is 5.91 Å². The van der Waals surface area contributed by atoms with Crippen LogP contribution in [0.2, 0.25) is 0 Å². The lowest BCUT2D eigenvalue weighted by Crippen LogP contribution is -2.52. The van der Waals surface area contributed by atoms with Crippen LogP contribution in [0.4, 0.5) is 0 Å². The standard InChI is InChI=1S/C21H21NO4/c1-4-11-21(2,20(25)26-3)22-19(24)13-9-10-15-14-7-5-6-8-16(14)18(23)17(15)12-13/h5-10,12H,4,11H2,1-3H3,(H,22,24). The van der Waals surface area contributed by atoms with Crippen LogP contribution in [0.25, 0.3) is 11.1 Å². The molecule has 0 saturated carbocycles. The molecule has 0 saturated heterocycles. The molecule has 0 aliphatic heterocycles. The van der Waals surface area contributed by atoms with Crippen molar-refractivity contribution in [3.05, 3.63) is 59.2 Å². The minimum Gasteiger partial charge on any atom is -0.467 e. The number of hydrogen-bond acceptors (Lipinski definition) is 4. The molecule has 0 bridgehead atoms. The monoisotopic (exact) mass is 351 g/mol. The summed E-state index contributed by atoms with van der Waals surface area (Å²) in [5.41, 5.74) is 2.10. The molecule has 0 heterocycles. The van der Waals surface area contributed by atoms with E-state index in [-0.39, 0.29) is 5.78 Å². The molecule has 26 heavy (non-hydrogen) atoms. The van der Waals surface area contributed by atoms with Crippen LogP contribution >= 0.6 is 0 Å². The molecule has 1 amide bonds. The first kappa shape index (κ1) is 17.9. The third-order valence-electron chi connectivity index (χ3n) is 4.76. The summed E-state index contributed by atoms with van der Waals surface area (Å²) in [4.78, 5) is 37.4. The molecule has 0 spiro atoms. The van der Waals surface area contributed by atoms with E-state index in [9.17, 15) is 14.4 Å². The molecule has 3 rings (SSSR count). The van der Waals surface area contributed by atoms with E-state index in [2.05, 4.69) is 5.32 Å². The van der Waals surface area contributed by atoms with E-state index in [1.54, 1.807) is 31.2 Å². The Bertz CT molecular complexity index is 903. The van der Waals surface area contributed by atoms with Crippen molar-refractivity contribution in [1.29, 1.82) is 0 Å². The number of carbonyl (C=O) groups is 3. The third kappa shape index (κ3) is 2.90. The molecule has 0 radical (unpaired) electrons. The van der Waals surface area contributed by atoms with Gasteiger partial charge in [-0.3, -0.25) is 9.59 Å². The number of carbonyl (C=O) groups excluding carboxylic acids is 3. The zero-order chi connectivity index (χ0) is 18.9. The van der Waals surface area contributed by atoms with Gasteiger partial charge < -0.3 is 10.1 Å². The molecule has 2 aromatic carbocycles. The SMILES string of the molecule is CCCC(C)(NC(=O)c1ccc2c(c1)C(=O)c1ccccc1-2)C(=O)OC. The van der Waals surface area contributed by atoms with Crippen molar-refractivity contribution in [3.63, 3.8) is 0 Å². The number of ether oxygens (including phenoxy) is 1. The van der Waals surface area contributed by atoms with Crippen molar-refractivity contribution in [2.24, 2.45) is 0 Å². The highest BCUT2D eigenvalue weighted by Crippen LogP contribution is 2.36. The van der Waals surface area contributed by atoms with Gasteiger partial charge in [-0.25, -0.2) is 4.79 Å². The second-order valence-electron chi connectivity index (χ2n) is 6.66. The smallest absolute Gasteiger partial charge is 0.331 e. The Kier molecular flexibility index (Phi) is 4.64. The highest BCUT2D eigenvalue weighted by molar-refractivity contribution is 6.22. The molecular weight excluding hydrogens is 330 g/mol. The van der Waals surface area contributed by atoms with E-state index >= 15 is 0 Å². The molecule has 5 nitrogen and oxygen atoms in total. The number of ketones is 1. The number of methoxy groups -OCH3 is 1. The van der Waals surface area contributed by atoms with Gasteiger partial charge in [0.1, 0.15) is 5.54 Å². The largest absolute Gasteiger partial charge is 0.467 e. The van der Waals surface area contributed by atoms with E-state index in [1.807, 2.05) is 25.1 Å². The van der Waals surface area contributed by atoms with Gasteiger partial charge in [-0.05, 0) is 36.6 Å². The van der Waals surface area contributed by atoms with Crippen LogP contribution < -0.4 is 5.32 Å². The van der Waals surface area contributed by atoms with Crippen LogP contribution in [0.3, 0.4) is 0 Å². The first-order valence-electron chi connectivity index (χ1n) is 8.60. The zero-order valence-electron chi connectivity index (χ0n) is 15.1. The zero-order valence-corrected chi connectivity index (χ0v) is 15.1. The van der Waals surface area contributed by atoms with Crippen molar-refractivity contribution in [3.8, 4) is 11.1 Å². The van der Waals surface area contributed by atoms with Crippen molar-refractivity contribution in [1.82, 2.24) is 5.32 Å². The van der Waals surface area contributed by atoms with Crippen LogP contribution in [0.5, 0.6) is 0 Å². The fraction of sp³-hybridized carbons (Fsp3) is 0.286. The number of fused-ring (bicyclic) bond motifs is 3. The summed E-state index contributed by atoms with van der Waals surface area (Å²) in [6.45, 7) is 3.58. The highest BCUT2D eigenvalue weighted by atomic mass is 16.5. The molecule has 1 atom stereocenters. The number of rotatable bonds is 5. The molecular formula is C21H21NO4. The van der Waals surface area contributed by atoms with E-state index < -0.39 is 17.4 Å². The lowest BCUT2D eigenvalue weighted by Gasteiger charge is -2.27. The molecule has 134 valence electrons. The van der Waals surface area contributed by atoms with Crippen LogP contribution in [0.1, 0.15) is 53.0 Å². The lowest BCUT2D eigenvalue weighted by molar-refractivity contribution is -0.147. The van der Waals surface area contributed by atoms with Crippen LogP contribution in [0.15, 0.2) is 42.5 Å². The van der Waals surface area contributed by atoms with E-state index in [1.165, 1.54) is 7.11 Å². The average molecular weight is 351 g/mol. The van der Waals surface area contributed by atoms with Gasteiger partial charge >= 0.3 is 5.97 Å². The quantitative estimate of drug-likeness (QED) is 0.716. The van der Waals surface area contributed by atoms with Crippen molar-refractivity contribution in [2.75, 3.05) is 7.11 Å². The summed E-state index contributed by atoms with van der Waals surface area (Å²) < 4.78 is 4.83. The predicted octanol–water partition coefficient (Wildman–Crippen LogP) is 3.36. The van der Waals surface area contributed by atoms with Crippen LogP contribution in [-0.2, 0) is 9.53 Å². The Morgan fingerprint density at radius 1 is 1.04 bits per heavy atom. The highest BCUT2D eigenvalue weighted by Gasteiger charge is 2.36. The first-order chi connectivity index (χ1) is 12.4. The van der Waals surface area contributed by atoms with Crippen molar-refractivity contribution in [2.45, 2.75) is 32.2 Å². The molecule has 5 heteroatoms. The maximum absolute atomic E-state index is 12.7. The predicted molar refractivity (Wildman–Crippen MR) is 98.1 cm³/mol. The van der Waals surface area contributed by atoms with Gasteiger partial charge in [0.2, 0.25) is 0 Å². The Labute approximate surface area is 152 Å². The Hall–Kier alpha value is -2.95. The summed E-state index contributed by atoms with van der Waals surface area (Å²) in [5, 5.41) is 2.76. The fourth-order valence-electron chi connectivity index (χ4n) is 3.43. The second kappa shape index (κ2) is 6.75. The number of esters is 1. The first-order valence-corrected chi connectivity index (χ1v) is 8.60. The van der Waals surface area contributed by atoms with E-state index in [0.29, 0.717) is 29.5 Å². The summed E-state index contributed by atoms with van der Waals surface area (Å²) in [5.74, 6) is -0.982. The average Bonchev–Trinajstić information content (AvgIpc) is 2.93. The Morgan fingerprint density at radius 3 is 2.35 bits per heavy atom.